The number of nitrogens with one attached hydrogen (secondary N) is 3. The van der Waals surface area contributed by atoms with Crippen LogP contribution < -0.4 is 20.9 Å². The first-order valence-corrected chi connectivity index (χ1v) is 10.5. The number of nitrogens with zero attached hydrogens (tertiary/aromatic N) is 1. The lowest BCUT2D eigenvalue weighted by atomic mass is 10.0. The molecule has 11 heteroatoms. The summed E-state index contributed by atoms with van der Waals surface area (Å²) in [6.07, 6.45) is 2.48. The highest BCUT2D eigenvalue weighted by molar-refractivity contribution is 6.26. The zero-order chi connectivity index (χ0) is 24.5. The average molecular weight is 466 g/mol. The Labute approximate surface area is 190 Å². The van der Waals surface area contributed by atoms with E-state index in [-0.39, 0.29) is 30.0 Å². The molecule has 0 spiro atoms. The highest BCUT2D eigenvalue weighted by Gasteiger charge is 2.29. The van der Waals surface area contributed by atoms with Crippen molar-refractivity contribution in [1.82, 2.24) is 21.1 Å². The Balaban J connectivity index is 2.34. The predicted octanol–water partition coefficient (Wildman–Crippen LogP) is 1.96. The summed E-state index contributed by atoms with van der Waals surface area (Å²) in [6, 6.07) is 1.60. The van der Waals surface area contributed by atoms with Crippen LogP contribution in [-0.2, 0) is 20.9 Å². The molecule has 2 rings (SSSR count). The molecule has 0 radical (unpaired) electrons. The normalized spacial score (nSPS) is 18.9. The molecular formula is C22H28F2N4O5. The second-order valence-electron chi connectivity index (χ2n) is 7.21. The number of carbonyl (C=O) groups is 3. The lowest BCUT2D eigenvalue weighted by Crippen LogP contribution is -2.45. The monoisotopic (exact) mass is 466 g/mol. The van der Waals surface area contributed by atoms with Crippen LogP contribution in [-0.4, -0.2) is 47.9 Å². The molecule has 0 saturated carbocycles. The summed E-state index contributed by atoms with van der Waals surface area (Å²) in [7, 11) is 1.22. The molecule has 1 aliphatic rings. The molecule has 1 heterocycles. The summed E-state index contributed by atoms with van der Waals surface area (Å²) in [5, 5.41) is 13.0. The van der Waals surface area contributed by atoms with Crippen LogP contribution >= 0.6 is 0 Å². The SMILES string of the molecule is CCCC/C1=C(/O)C(=O)/C(C(=O)NCc2c(F)cc(F)cc2OC)=C\NNCN(CC)C1=O. The molecule has 0 atom stereocenters. The lowest BCUT2D eigenvalue weighted by Gasteiger charge is -2.24. The van der Waals surface area contributed by atoms with Gasteiger partial charge in [-0.3, -0.25) is 14.4 Å². The maximum absolute atomic E-state index is 14.2. The van der Waals surface area contributed by atoms with E-state index in [1.54, 1.807) is 6.92 Å². The fourth-order valence-electron chi connectivity index (χ4n) is 3.16. The van der Waals surface area contributed by atoms with Crippen LogP contribution in [0, 0.1) is 11.6 Å². The number of ketones is 1. The molecule has 0 aromatic heterocycles. The number of unbranched alkanes of at least 4 members (excludes halogenated alkanes) is 1. The zero-order valence-corrected chi connectivity index (χ0v) is 18.8. The molecule has 0 bridgehead atoms. The topological polar surface area (TPSA) is 120 Å². The van der Waals surface area contributed by atoms with Crippen molar-refractivity contribution in [3.8, 4) is 5.75 Å². The number of carbonyl (C=O) groups excluding carboxylic acids is 3. The van der Waals surface area contributed by atoms with Gasteiger partial charge in [0.2, 0.25) is 5.78 Å². The van der Waals surface area contributed by atoms with E-state index in [4.69, 9.17) is 4.74 Å². The Bertz CT molecular complexity index is 978. The molecule has 0 saturated heterocycles. The molecule has 1 aromatic carbocycles. The van der Waals surface area contributed by atoms with E-state index in [1.165, 1.54) is 12.0 Å². The van der Waals surface area contributed by atoms with Crippen LogP contribution in [0.25, 0.3) is 0 Å². The third kappa shape index (κ3) is 6.28. The van der Waals surface area contributed by atoms with Gasteiger partial charge in [-0.2, -0.15) is 0 Å². The molecule has 33 heavy (non-hydrogen) atoms. The van der Waals surface area contributed by atoms with Crippen LogP contribution in [0.4, 0.5) is 8.78 Å². The first kappa shape index (κ1) is 25.8. The minimum Gasteiger partial charge on any atom is -0.504 e. The van der Waals surface area contributed by atoms with Gasteiger partial charge in [-0.15, -0.1) is 0 Å². The van der Waals surface area contributed by atoms with Gasteiger partial charge in [-0.05, 0) is 19.8 Å². The Kier molecular flexibility index (Phi) is 9.34. The van der Waals surface area contributed by atoms with Crippen molar-refractivity contribution in [2.45, 2.75) is 39.7 Å². The van der Waals surface area contributed by atoms with E-state index in [9.17, 15) is 28.3 Å². The van der Waals surface area contributed by atoms with Crippen molar-refractivity contribution in [2.24, 2.45) is 0 Å². The van der Waals surface area contributed by atoms with Gasteiger partial charge in [-0.1, -0.05) is 13.3 Å². The maximum atomic E-state index is 14.2. The number of aliphatic hydroxyl groups excluding tert-OH is 1. The summed E-state index contributed by atoms with van der Waals surface area (Å²) < 4.78 is 32.5. The number of allylic oxidation sites excluding steroid dienone is 1. The Morgan fingerprint density at radius 2 is 2.00 bits per heavy atom. The van der Waals surface area contributed by atoms with Gasteiger partial charge in [-0.25, -0.2) is 14.2 Å². The van der Waals surface area contributed by atoms with Crippen LogP contribution in [0.1, 0.15) is 38.7 Å². The van der Waals surface area contributed by atoms with E-state index in [2.05, 4.69) is 16.2 Å². The van der Waals surface area contributed by atoms with Gasteiger partial charge in [0.25, 0.3) is 11.8 Å². The second-order valence-corrected chi connectivity index (χ2v) is 7.21. The minimum atomic E-state index is -1.06. The molecule has 1 aromatic rings. The quantitative estimate of drug-likeness (QED) is 0.433. The molecule has 0 unspecified atom stereocenters. The molecule has 4 N–H and O–H groups in total. The molecule has 0 fully saturated rings. The average Bonchev–Trinajstić information content (AvgIpc) is 2.79. The summed E-state index contributed by atoms with van der Waals surface area (Å²) in [4.78, 5) is 40.0. The highest BCUT2D eigenvalue weighted by atomic mass is 19.1. The number of Topliss-reactive ketones (excluding diaryl/α,β-unsaturated/α-hetero) is 1. The number of likely N-dealkylation sites (N-methyl/N-ethyl adjacent to an activating group) is 1. The molecule has 1 aliphatic heterocycles. The fourth-order valence-corrected chi connectivity index (χ4v) is 3.16. The van der Waals surface area contributed by atoms with Crippen LogP contribution in [0.5, 0.6) is 5.75 Å². The highest BCUT2D eigenvalue weighted by Crippen LogP contribution is 2.23. The number of amides is 2. The summed E-state index contributed by atoms with van der Waals surface area (Å²) in [6.45, 7) is 3.61. The first-order valence-electron chi connectivity index (χ1n) is 10.5. The number of hydrazine groups is 1. The zero-order valence-electron chi connectivity index (χ0n) is 18.8. The smallest absolute Gasteiger partial charge is 0.257 e. The van der Waals surface area contributed by atoms with Gasteiger partial charge in [0.05, 0.1) is 19.4 Å². The largest absolute Gasteiger partial charge is 0.504 e. The summed E-state index contributed by atoms with van der Waals surface area (Å²) in [5.74, 6) is -5.25. The van der Waals surface area contributed by atoms with Gasteiger partial charge in [0, 0.05) is 37.0 Å². The van der Waals surface area contributed by atoms with E-state index in [1.807, 2.05) is 6.92 Å². The van der Waals surface area contributed by atoms with Crippen molar-refractivity contribution in [3.63, 3.8) is 0 Å². The maximum Gasteiger partial charge on any atom is 0.257 e. The lowest BCUT2D eigenvalue weighted by molar-refractivity contribution is -0.129. The number of methoxy groups -OCH3 is 1. The van der Waals surface area contributed by atoms with Crippen LogP contribution in [0.2, 0.25) is 0 Å². The molecular weight excluding hydrogens is 438 g/mol. The van der Waals surface area contributed by atoms with Crippen molar-refractivity contribution in [3.05, 3.63) is 52.4 Å². The fraction of sp³-hybridized carbons (Fsp3) is 0.409. The standard InChI is InChI=1S/C22H28F2N4O5/c1-4-6-7-14-19(29)20(30)16(11-26-27-12-28(5-2)22(14)32)21(31)25-10-15-17(24)8-13(23)9-18(15)33-3/h8-9,11,26-27,29H,4-7,10,12H2,1-3H3,(H,25,31)/b16-11+,19-14-. The van der Waals surface area contributed by atoms with Crippen molar-refractivity contribution in [2.75, 3.05) is 20.3 Å². The number of benzene rings is 1. The second kappa shape index (κ2) is 12.0. The van der Waals surface area contributed by atoms with Gasteiger partial charge >= 0.3 is 0 Å². The first-order chi connectivity index (χ1) is 15.7. The van der Waals surface area contributed by atoms with E-state index < -0.39 is 47.1 Å². The predicted molar refractivity (Wildman–Crippen MR) is 116 cm³/mol. The van der Waals surface area contributed by atoms with Crippen LogP contribution in [0.15, 0.2) is 35.2 Å². The third-order valence-electron chi connectivity index (χ3n) is 5.05. The number of aliphatic hydroxyl groups is 1. The van der Waals surface area contributed by atoms with Crippen molar-refractivity contribution < 1.29 is 33.0 Å². The number of hydrogen-bond donors (Lipinski definition) is 4. The van der Waals surface area contributed by atoms with Crippen LogP contribution in [0.3, 0.4) is 0 Å². The molecule has 2 amide bonds. The summed E-state index contributed by atoms with van der Waals surface area (Å²) in [5.41, 5.74) is 4.55. The number of ether oxygens (including phenoxy) is 1. The van der Waals surface area contributed by atoms with E-state index in [0.29, 0.717) is 19.0 Å². The number of rotatable bonds is 8. The van der Waals surface area contributed by atoms with E-state index in [0.717, 1.165) is 18.7 Å². The Morgan fingerprint density at radius 3 is 2.64 bits per heavy atom. The molecule has 9 nitrogen and oxygen atoms in total. The third-order valence-corrected chi connectivity index (χ3v) is 5.05. The van der Waals surface area contributed by atoms with Crippen molar-refractivity contribution in [1.29, 1.82) is 0 Å². The molecule has 180 valence electrons. The number of halogens is 2. The summed E-state index contributed by atoms with van der Waals surface area (Å²) >= 11 is 0. The minimum absolute atomic E-state index is 0.0514. The Hall–Kier alpha value is -3.47. The van der Waals surface area contributed by atoms with Gasteiger partial charge < -0.3 is 25.5 Å². The number of hydrogen-bond acceptors (Lipinski definition) is 7. The Morgan fingerprint density at radius 1 is 1.27 bits per heavy atom. The van der Waals surface area contributed by atoms with E-state index >= 15 is 0 Å². The van der Waals surface area contributed by atoms with Crippen molar-refractivity contribution >= 4 is 17.6 Å². The van der Waals surface area contributed by atoms with Gasteiger partial charge in [0.15, 0.2) is 5.76 Å². The van der Waals surface area contributed by atoms with Gasteiger partial charge in [0.1, 0.15) is 23.0 Å². The molecule has 0 aliphatic carbocycles.